The van der Waals surface area contributed by atoms with E-state index in [1.807, 2.05) is 31.2 Å². The Morgan fingerprint density at radius 1 is 1.11 bits per heavy atom. The number of urea groups is 1. The highest BCUT2D eigenvalue weighted by Crippen LogP contribution is 2.36. The summed E-state index contributed by atoms with van der Waals surface area (Å²) in [5.41, 5.74) is 0.576. The molecule has 1 saturated heterocycles. The summed E-state index contributed by atoms with van der Waals surface area (Å²) in [6.45, 7) is 5.01. The van der Waals surface area contributed by atoms with E-state index in [2.05, 4.69) is 5.32 Å². The van der Waals surface area contributed by atoms with Crippen molar-refractivity contribution in [1.82, 2.24) is 10.2 Å². The van der Waals surface area contributed by atoms with Gasteiger partial charge in [-0.05, 0) is 49.2 Å². The van der Waals surface area contributed by atoms with Gasteiger partial charge in [0, 0.05) is 0 Å². The van der Waals surface area contributed by atoms with E-state index >= 15 is 0 Å². The Bertz CT molecular complexity index is 929. The molecule has 2 aliphatic heterocycles. The number of rotatable bonds is 5. The topological polar surface area (TPSA) is 77.1 Å². The van der Waals surface area contributed by atoms with E-state index in [0.717, 1.165) is 5.56 Å². The minimum Gasteiger partial charge on any atom is -0.492 e. The zero-order chi connectivity index (χ0) is 19.7. The lowest BCUT2D eigenvalue weighted by molar-refractivity contribution is -0.131. The molecular weight excluding hydrogens is 360 g/mol. The first kappa shape index (κ1) is 18.2. The van der Waals surface area contributed by atoms with Crippen LogP contribution in [0.15, 0.2) is 42.5 Å². The zero-order valence-corrected chi connectivity index (χ0v) is 15.9. The van der Waals surface area contributed by atoms with Gasteiger partial charge in [0.15, 0.2) is 11.5 Å². The molecule has 2 aromatic carbocycles. The van der Waals surface area contributed by atoms with E-state index in [0.29, 0.717) is 36.0 Å². The fourth-order valence-corrected chi connectivity index (χ4v) is 3.41. The molecule has 0 saturated carbocycles. The third kappa shape index (κ3) is 3.24. The Morgan fingerprint density at radius 3 is 2.68 bits per heavy atom. The molecule has 1 N–H and O–H groups in total. The summed E-state index contributed by atoms with van der Waals surface area (Å²) in [6, 6.07) is 12.5. The van der Waals surface area contributed by atoms with Gasteiger partial charge in [0.25, 0.3) is 5.91 Å². The van der Waals surface area contributed by atoms with E-state index in [1.165, 1.54) is 4.90 Å². The van der Waals surface area contributed by atoms with Crippen molar-refractivity contribution in [2.45, 2.75) is 19.4 Å². The number of carbonyl (C=O) groups excluding carboxylic acids is 2. The lowest BCUT2D eigenvalue weighted by atomic mass is 9.91. The Hall–Kier alpha value is -3.22. The van der Waals surface area contributed by atoms with Crippen LogP contribution in [0.2, 0.25) is 0 Å². The zero-order valence-electron chi connectivity index (χ0n) is 15.9. The molecule has 1 atom stereocenters. The van der Waals surface area contributed by atoms with Crippen LogP contribution in [0.25, 0.3) is 0 Å². The van der Waals surface area contributed by atoms with Crippen LogP contribution < -0.4 is 19.5 Å². The number of aryl methyl sites for hydroxylation is 1. The second-order valence-electron chi connectivity index (χ2n) is 7.04. The highest BCUT2D eigenvalue weighted by molar-refractivity contribution is 6.07. The van der Waals surface area contributed by atoms with Crippen LogP contribution in [0, 0.1) is 6.92 Å². The maximum absolute atomic E-state index is 13.0. The normalized spacial score (nSPS) is 20.9. The number of carbonyl (C=O) groups is 2. The number of nitrogens with one attached hydrogen (secondary N) is 1. The molecule has 2 heterocycles. The first-order chi connectivity index (χ1) is 13.5. The molecular formula is C21H22N2O5. The Labute approximate surface area is 163 Å². The van der Waals surface area contributed by atoms with Gasteiger partial charge in [-0.1, -0.05) is 18.2 Å². The van der Waals surface area contributed by atoms with Gasteiger partial charge >= 0.3 is 6.03 Å². The third-order valence-electron chi connectivity index (χ3n) is 4.97. The van der Waals surface area contributed by atoms with Gasteiger partial charge < -0.3 is 19.5 Å². The summed E-state index contributed by atoms with van der Waals surface area (Å²) >= 11 is 0. The van der Waals surface area contributed by atoms with Crippen LogP contribution in [0.1, 0.15) is 18.1 Å². The fourth-order valence-electron chi connectivity index (χ4n) is 3.41. The molecule has 146 valence electrons. The molecule has 1 fully saturated rings. The van der Waals surface area contributed by atoms with Gasteiger partial charge in [-0.2, -0.15) is 0 Å². The van der Waals surface area contributed by atoms with Crippen LogP contribution in [0.4, 0.5) is 4.79 Å². The van der Waals surface area contributed by atoms with E-state index in [1.54, 1.807) is 25.1 Å². The number of fused-ring (bicyclic) bond motifs is 1. The molecule has 0 unspecified atom stereocenters. The lowest BCUT2D eigenvalue weighted by Gasteiger charge is -2.25. The largest absolute Gasteiger partial charge is 0.492 e. The number of ether oxygens (including phenoxy) is 3. The molecule has 7 heteroatoms. The SMILES string of the molecule is Cc1cccc(OCCN2C(=O)N[C@@](C)(c3ccc4c(c3)OCCO4)C2=O)c1. The van der Waals surface area contributed by atoms with Crippen molar-refractivity contribution >= 4 is 11.9 Å². The number of hydrogen-bond acceptors (Lipinski definition) is 5. The van der Waals surface area contributed by atoms with Crippen LogP contribution in [-0.4, -0.2) is 43.2 Å². The molecule has 4 rings (SSSR count). The molecule has 0 bridgehead atoms. The Morgan fingerprint density at radius 2 is 1.89 bits per heavy atom. The summed E-state index contributed by atoms with van der Waals surface area (Å²) in [5, 5.41) is 2.80. The van der Waals surface area contributed by atoms with Gasteiger partial charge in [0.1, 0.15) is 31.1 Å². The van der Waals surface area contributed by atoms with Crippen LogP contribution in [0.3, 0.4) is 0 Å². The highest BCUT2D eigenvalue weighted by atomic mass is 16.6. The van der Waals surface area contributed by atoms with Crippen LogP contribution in [0.5, 0.6) is 17.2 Å². The van der Waals surface area contributed by atoms with Gasteiger partial charge in [-0.15, -0.1) is 0 Å². The van der Waals surface area contributed by atoms with E-state index < -0.39 is 11.6 Å². The van der Waals surface area contributed by atoms with Crippen molar-refractivity contribution < 1.29 is 23.8 Å². The van der Waals surface area contributed by atoms with Crippen molar-refractivity contribution in [3.8, 4) is 17.2 Å². The number of benzene rings is 2. The number of amides is 3. The maximum atomic E-state index is 13.0. The van der Waals surface area contributed by atoms with Gasteiger partial charge in [0.2, 0.25) is 0 Å². The molecule has 2 aliphatic rings. The van der Waals surface area contributed by atoms with Crippen molar-refractivity contribution in [2.24, 2.45) is 0 Å². The predicted molar refractivity (Wildman–Crippen MR) is 102 cm³/mol. The number of hydrogen-bond donors (Lipinski definition) is 1. The van der Waals surface area contributed by atoms with Crippen molar-refractivity contribution in [3.63, 3.8) is 0 Å². The Kier molecular flexibility index (Phi) is 4.58. The summed E-state index contributed by atoms with van der Waals surface area (Å²) in [7, 11) is 0. The molecule has 7 nitrogen and oxygen atoms in total. The second-order valence-corrected chi connectivity index (χ2v) is 7.04. The first-order valence-electron chi connectivity index (χ1n) is 9.21. The predicted octanol–water partition coefficient (Wildman–Crippen LogP) is 2.61. The minimum atomic E-state index is -1.16. The number of imide groups is 1. The van der Waals surface area contributed by atoms with Gasteiger partial charge in [0.05, 0.1) is 6.54 Å². The number of nitrogens with zero attached hydrogens (tertiary/aromatic N) is 1. The molecule has 2 aromatic rings. The summed E-state index contributed by atoms with van der Waals surface area (Å²) in [4.78, 5) is 26.6. The van der Waals surface area contributed by atoms with Crippen molar-refractivity contribution in [1.29, 1.82) is 0 Å². The molecule has 28 heavy (non-hydrogen) atoms. The van der Waals surface area contributed by atoms with Crippen molar-refractivity contribution in [3.05, 3.63) is 53.6 Å². The van der Waals surface area contributed by atoms with Crippen LogP contribution >= 0.6 is 0 Å². The summed E-state index contributed by atoms with van der Waals surface area (Å²) in [6.07, 6.45) is 0. The first-order valence-corrected chi connectivity index (χ1v) is 9.21. The van der Waals surface area contributed by atoms with E-state index in [-0.39, 0.29) is 19.1 Å². The summed E-state index contributed by atoms with van der Waals surface area (Å²) < 4.78 is 16.8. The third-order valence-corrected chi connectivity index (χ3v) is 4.97. The highest BCUT2D eigenvalue weighted by Gasteiger charge is 2.49. The fraction of sp³-hybridized carbons (Fsp3) is 0.333. The maximum Gasteiger partial charge on any atom is 0.325 e. The minimum absolute atomic E-state index is 0.165. The second kappa shape index (κ2) is 7.07. The molecule has 0 spiro atoms. The van der Waals surface area contributed by atoms with E-state index in [4.69, 9.17) is 14.2 Å². The standard InChI is InChI=1S/C21H22N2O5/c1-14-4-3-5-16(12-14)26-9-8-23-19(24)21(2,22-20(23)25)15-6-7-17-18(13-15)28-11-10-27-17/h3-7,12-13H,8-11H2,1-2H3,(H,22,25)/t21-/m0/s1. The quantitative estimate of drug-likeness (QED) is 0.805. The monoisotopic (exact) mass is 382 g/mol. The lowest BCUT2D eigenvalue weighted by Crippen LogP contribution is -2.41. The molecule has 0 radical (unpaired) electrons. The molecule has 3 amide bonds. The van der Waals surface area contributed by atoms with Crippen molar-refractivity contribution in [2.75, 3.05) is 26.4 Å². The summed E-state index contributed by atoms with van der Waals surface area (Å²) in [5.74, 6) is 1.61. The average Bonchev–Trinajstić information content (AvgIpc) is 2.91. The van der Waals surface area contributed by atoms with E-state index in [9.17, 15) is 9.59 Å². The average molecular weight is 382 g/mol. The Balaban J connectivity index is 1.47. The van der Waals surface area contributed by atoms with Gasteiger partial charge in [-0.3, -0.25) is 9.69 Å². The molecule has 0 aliphatic carbocycles. The smallest absolute Gasteiger partial charge is 0.325 e. The van der Waals surface area contributed by atoms with Gasteiger partial charge in [-0.25, -0.2) is 4.79 Å². The molecule has 0 aromatic heterocycles. The van der Waals surface area contributed by atoms with Crippen LogP contribution in [-0.2, 0) is 10.3 Å².